The summed E-state index contributed by atoms with van der Waals surface area (Å²) in [5.74, 6) is 0.0861. The van der Waals surface area contributed by atoms with Gasteiger partial charge in [0.1, 0.15) is 5.60 Å². The second kappa shape index (κ2) is 6.08. The first-order chi connectivity index (χ1) is 8.73. The number of hydrogen-bond donors (Lipinski definition) is 0. The largest absolute Gasteiger partial charge is 0.466 e. The number of rotatable bonds is 2. The number of amides is 1. The van der Waals surface area contributed by atoms with Crippen molar-refractivity contribution < 1.29 is 19.1 Å². The van der Waals surface area contributed by atoms with E-state index in [9.17, 15) is 9.59 Å². The van der Waals surface area contributed by atoms with Crippen molar-refractivity contribution in [2.45, 2.75) is 33.3 Å². The summed E-state index contributed by atoms with van der Waals surface area (Å²) in [5.41, 5.74) is -0.486. The third kappa shape index (κ3) is 4.93. The normalized spacial score (nSPS) is 23.7. The fraction of sp³-hybridized carbons (Fsp3) is 0.714. The van der Waals surface area contributed by atoms with Gasteiger partial charge >= 0.3 is 12.1 Å². The zero-order valence-electron chi connectivity index (χ0n) is 12.3. The average Bonchev–Trinajstić information content (AvgIpc) is 2.65. The Labute approximate surface area is 114 Å². The standard InChI is InChI=1S/C14H23NO4/c1-10-8-15(13(17)19-14(2,3)4)9-11(10)6-7-12(16)18-5/h6-7,10-11H,8-9H2,1-5H3. The van der Waals surface area contributed by atoms with Crippen LogP contribution in [0, 0.1) is 11.8 Å². The topological polar surface area (TPSA) is 55.8 Å². The summed E-state index contributed by atoms with van der Waals surface area (Å²) < 4.78 is 9.89. The Morgan fingerprint density at radius 1 is 1.26 bits per heavy atom. The van der Waals surface area contributed by atoms with Crippen molar-refractivity contribution in [1.82, 2.24) is 4.90 Å². The molecule has 2 unspecified atom stereocenters. The van der Waals surface area contributed by atoms with Crippen LogP contribution in [0.15, 0.2) is 12.2 Å². The van der Waals surface area contributed by atoms with Gasteiger partial charge in [-0.25, -0.2) is 9.59 Å². The quantitative estimate of drug-likeness (QED) is 0.570. The van der Waals surface area contributed by atoms with Gasteiger partial charge in [0.2, 0.25) is 0 Å². The number of carbonyl (C=O) groups is 2. The molecule has 0 aromatic rings. The van der Waals surface area contributed by atoms with E-state index in [0.717, 1.165) is 0 Å². The van der Waals surface area contributed by atoms with Crippen LogP contribution in [0.1, 0.15) is 27.7 Å². The molecule has 0 bridgehead atoms. The zero-order valence-corrected chi connectivity index (χ0v) is 12.3. The molecule has 1 rings (SSSR count). The molecular formula is C14H23NO4. The third-order valence-corrected chi connectivity index (χ3v) is 3.00. The minimum Gasteiger partial charge on any atom is -0.466 e. The lowest BCUT2D eigenvalue weighted by molar-refractivity contribution is -0.134. The van der Waals surface area contributed by atoms with Gasteiger partial charge in [-0.1, -0.05) is 13.0 Å². The van der Waals surface area contributed by atoms with Crippen LogP contribution < -0.4 is 0 Å². The molecule has 5 heteroatoms. The van der Waals surface area contributed by atoms with E-state index in [0.29, 0.717) is 19.0 Å². The van der Waals surface area contributed by atoms with E-state index < -0.39 is 5.60 Å². The molecule has 2 atom stereocenters. The van der Waals surface area contributed by atoms with Crippen LogP contribution in [0.5, 0.6) is 0 Å². The maximum Gasteiger partial charge on any atom is 0.410 e. The molecule has 0 saturated carbocycles. The van der Waals surface area contributed by atoms with Gasteiger partial charge in [0, 0.05) is 19.2 Å². The summed E-state index contributed by atoms with van der Waals surface area (Å²) in [7, 11) is 1.34. The fourth-order valence-electron chi connectivity index (χ4n) is 1.99. The molecule has 0 spiro atoms. The molecule has 0 aliphatic carbocycles. The first kappa shape index (κ1) is 15.5. The average molecular weight is 269 g/mol. The van der Waals surface area contributed by atoms with Gasteiger partial charge in [0.15, 0.2) is 0 Å². The van der Waals surface area contributed by atoms with E-state index in [4.69, 9.17) is 4.74 Å². The van der Waals surface area contributed by atoms with E-state index in [1.165, 1.54) is 13.2 Å². The Morgan fingerprint density at radius 2 is 1.89 bits per heavy atom. The highest BCUT2D eigenvalue weighted by Crippen LogP contribution is 2.25. The molecule has 1 heterocycles. The minimum absolute atomic E-state index is 0.159. The predicted octanol–water partition coefficient (Wildman–Crippen LogP) is 2.22. The van der Waals surface area contributed by atoms with Crippen LogP contribution in [0.25, 0.3) is 0 Å². The van der Waals surface area contributed by atoms with Gasteiger partial charge in [-0.3, -0.25) is 0 Å². The molecule has 19 heavy (non-hydrogen) atoms. The van der Waals surface area contributed by atoms with Crippen molar-refractivity contribution in [3.05, 3.63) is 12.2 Å². The van der Waals surface area contributed by atoms with Crippen molar-refractivity contribution in [2.24, 2.45) is 11.8 Å². The highest BCUT2D eigenvalue weighted by molar-refractivity contribution is 5.81. The number of esters is 1. The van der Waals surface area contributed by atoms with Crippen LogP contribution in [-0.2, 0) is 14.3 Å². The second-order valence-electron chi connectivity index (χ2n) is 5.91. The number of likely N-dealkylation sites (tertiary alicyclic amines) is 1. The van der Waals surface area contributed by atoms with Gasteiger partial charge < -0.3 is 14.4 Å². The highest BCUT2D eigenvalue weighted by atomic mass is 16.6. The Balaban J connectivity index is 2.57. The van der Waals surface area contributed by atoms with Crippen LogP contribution in [0.3, 0.4) is 0 Å². The number of hydrogen-bond acceptors (Lipinski definition) is 4. The molecule has 0 radical (unpaired) electrons. The molecule has 1 saturated heterocycles. The smallest absolute Gasteiger partial charge is 0.410 e. The summed E-state index contributed by atoms with van der Waals surface area (Å²) in [6.07, 6.45) is 2.92. The summed E-state index contributed by atoms with van der Waals surface area (Å²) in [6.45, 7) is 8.81. The molecule has 108 valence electrons. The summed E-state index contributed by atoms with van der Waals surface area (Å²) >= 11 is 0. The van der Waals surface area contributed by atoms with Crippen LogP contribution in [0.4, 0.5) is 4.79 Å². The van der Waals surface area contributed by atoms with Crippen molar-refractivity contribution in [3.63, 3.8) is 0 Å². The van der Waals surface area contributed by atoms with Crippen LogP contribution in [-0.4, -0.2) is 42.8 Å². The third-order valence-electron chi connectivity index (χ3n) is 3.00. The molecule has 0 aromatic carbocycles. The number of carbonyl (C=O) groups excluding carboxylic acids is 2. The molecule has 5 nitrogen and oxygen atoms in total. The first-order valence-corrected chi connectivity index (χ1v) is 6.47. The molecule has 1 amide bonds. The molecule has 1 fully saturated rings. The van der Waals surface area contributed by atoms with E-state index in [1.807, 2.05) is 20.8 Å². The molecular weight excluding hydrogens is 246 g/mol. The van der Waals surface area contributed by atoms with E-state index >= 15 is 0 Å². The Hall–Kier alpha value is -1.52. The van der Waals surface area contributed by atoms with E-state index in [1.54, 1.807) is 11.0 Å². The van der Waals surface area contributed by atoms with Gasteiger partial charge in [0.05, 0.1) is 7.11 Å². The highest BCUT2D eigenvalue weighted by Gasteiger charge is 2.33. The first-order valence-electron chi connectivity index (χ1n) is 6.47. The number of methoxy groups -OCH3 is 1. The lowest BCUT2D eigenvalue weighted by atomic mass is 9.98. The van der Waals surface area contributed by atoms with E-state index in [2.05, 4.69) is 11.7 Å². The Kier molecular flexibility index (Phi) is 4.97. The van der Waals surface area contributed by atoms with Gasteiger partial charge in [-0.2, -0.15) is 0 Å². The Bertz CT molecular complexity index is 370. The summed E-state index contributed by atoms with van der Waals surface area (Å²) in [4.78, 5) is 24.7. The van der Waals surface area contributed by atoms with Gasteiger partial charge in [0.25, 0.3) is 0 Å². The predicted molar refractivity (Wildman–Crippen MR) is 71.6 cm³/mol. The van der Waals surface area contributed by atoms with Crippen LogP contribution in [0.2, 0.25) is 0 Å². The van der Waals surface area contributed by atoms with Crippen molar-refractivity contribution in [2.75, 3.05) is 20.2 Å². The van der Waals surface area contributed by atoms with Gasteiger partial charge in [-0.05, 0) is 32.6 Å². The maximum atomic E-state index is 11.9. The summed E-state index contributed by atoms with van der Waals surface area (Å²) in [5, 5.41) is 0. The maximum absolute atomic E-state index is 11.9. The van der Waals surface area contributed by atoms with E-state index in [-0.39, 0.29) is 18.0 Å². The number of nitrogens with zero attached hydrogens (tertiary/aromatic N) is 1. The lowest BCUT2D eigenvalue weighted by Crippen LogP contribution is -2.35. The molecule has 1 aliphatic rings. The zero-order chi connectivity index (χ0) is 14.6. The number of ether oxygens (including phenoxy) is 2. The summed E-state index contributed by atoms with van der Waals surface area (Å²) in [6, 6.07) is 0. The van der Waals surface area contributed by atoms with Crippen molar-refractivity contribution in [3.8, 4) is 0 Å². The second-order valence-corrected chi connectivity index (χ2v) is 5.91. The monoisotopic (exact) mass is 269 g/mol. The molecule has 0 aromatic heterocycles. The fourth-order valence-corrected chi connectivity index (χ4v) is 1.99. The van der Waals surface area contributed by atoms with Gasteiger partial charge in [-0.15, -0.1) is 0 Å². The SMILES string of the molecule is COC(=O)C=CC1CN(C(=O)OC(C)(C)C)CC1C. The van der Waals surface area contributed by atoms with Crippen LogP contribution >= 0.6 is 0 Å². The Morgan fingerprint density at radius 3 is 2.42 bits per heavy atom. The van der Waals surface area contributed by atoms with Crippen molar-refractivity contribution in [1.29, 1.82) is 0 Å². The lowest BCUT2D eigenvalue weighted by Gasteiger charge is -2.24. The minimum atomic E-state index is -0.486. The molecule has 1 aliphatic heterocycles. The van der Waals surface area contributed by atoms with Crippen molar-refractivity contribution >= 4 is 12.1 Å². The molecule has 0 N–H and O–H groups in total.